The first-order chi connectivity index (χ1) is 13.1. The molecule has 4 rings (SSSR count). The fraction of sp³-hybridized carbons (Fsp3) is 0.550. The highest BCUT2D eigenvalue weighted by molar-refractivity contribution is 5.93. The molecular formula is C20H28N6O. The Bertz CT molecular complexity index is 826. The Kier molecular flexibility index (Phi) is 4.86. The maximum atomic E-state index is 13.4. The zero-order valence-electron chi connectivity index (χ0n) is 16.4. The fourth-order valence-corrected chi connectivity index (χ4v) is 4.29. The van der Waals surface area contributed by atoms with Crippen molar-refractivity contribution in [2.75, 3.05) is 31.6 Å². The Morgan fingerprint density at radius 2 is 1.96 bits per heavy atom. The van der Waals surface area contributed by atoms with Gasteiger partial charge in [0.15, 0.2) is 5.69 Å². The lowest BCUT2D eigenvalue weighted by Gasteiger charge is -2.28. The fourth-order valence-electron chi connectivity index (χ4n) is 4.29. The summed E-state index contributed by atoms with van der Waals surface area (Å²) in [7, 11) is 2.09. The molecule has 0 aliphatic carbocycles. The van der Waals surface area contributed by atoms with Gasteiger partial charge in [-0.25, -0.2) is 4.68 Å². The lowest BCUT2D eigenvalue weighted by Crippen LogP contribution is -2.42. The molecule has 2 aliphatic rings. The highest BCUT2D eigenvalue weighted by Crippen LogP contribution is 2.28. The topological polar surface area (TPSA) is 66.3 Å². The van der Waals surface area contributed by atoms with Gasteiger partial charge in [0, 0.05) is 31.9 Å². The van der Waals surface area contributed by atoms with Crippen molar-refractivity contribution in [3.8, 4) is 0 Å². The van der Waals surface area contributed by atoms with E-state index < -0.39 is 0 Å². The molecule has 27 heavy (non-hydrogen) atoms. The van der Waals surface area contributed by atoms with E-state index in [2.05, 4.69) is 46.6 Å². The van der Waals surface area contributed by atoms with Gasteiger partial charge in [0.05, 0.1) is 11.7 Å². The average molecular weight is 368 g/mol. The highest BCUT2D eigenvalue weighted by Gasteiger charge is 2.31. The summed E-state index contributed by atoms with van der Waals surface area (Å²) in [5.41, 5.74) is 3.73. The van der Waals surface area contributed by atoms with Crippen LogP contribution in [0.1, 0.15) is 47.6 Å². The summed E-state index contributed by atoms with van der Waals surface area (Å²) < 4.78 is 1.95. The molecule has 1 fully saturated rings. The van der Waals surface area contributed by atoms with Crippen LogP contribution in [0.25, 0.3) is 0 Å². The molecule has 1 N–H and O–H groups in total. The maximum absolute atomic E-state index is 13.4. The van der Waals surface area contributed by atoms with Crippen LogP contribution in [0.2, 0.25) is 0 Å². The van der Waals surface area contributed by atoms with Crippen LogP contribution in [0.15, 0.2) is 24.3 Å². The Balaban J connectivity index is 1.61. The van der Waals surface area contributed by atoms with E-state index in [-0.39, 0.29) is 11.9 Å². The zero-order valence-corrected chi connectivity index (χ0v) is 16.4. The number of anilines is 1. The summed E-state index contributed by atoms with van der Waals surface area (Å²) in [6.07, 6.45) is 2.05. The molecule has 0 radical (unpaired) electrons. The number of aromatic nitrogens is 3. The van der Waals surface area contributed by atoms with Gasteiger partial charge >= 0.3 is 0 Å². The number of rotatable bonds is 2. The highest BCUT2D eigenvalue weighted by atomic mass is 16.2. The third-order valence-corrected chi connectivity index (χ3v) is 5.86. The smallest absolute Gasteiger partial charge is 0.276 e. The Labute approximate surface area is 160 Å². The van der Waals surface area contributed by atoms with Crippen molar-refractivity contribution in [2.24, 2.45) is 0 Å². The Hall–Kier alpha value is -2.41. The van der Waals surface area contributed by atoms with Crippen LogP contribution in [0, 0.1) is 6.92 Å². The first kappa shape index (κ1) is 18.0. The molecule has 0 spiro atoms. The van der Waals surface area contributed by atoms with Crippen molar-refractivity contribution in [3.63, 3.8) is 0 Å². The van der Waals surface area contributed by atoms with Gasteiger partial charge in [-0.3, -0.25) is 4.79 Å². The molecule has 1 amide bonds. The monoisotopic (exact) mass is 368 g/mol. The molecule has 2 aromatic rings. The first-order valence-corrected chi connectivity index (χ1v) is 9.78. The van der Waals surface area contributed by atoms with Gasteiger partial charge in [-0.1, -0.05) is 23.4 Å². The van der Waals surface area contributed by atoms with Gasteiger partial charge in [-0.15, -0.1) is 5.10 Å². The number of piperidine rings is 1. The third-order valence-electron chi connectivity index (χ3n) is 5.86. The molecule has 144 valence electrons. The molecule has 7 nitrogen and oxygen atoms in total. The van der Waals surface area contributed by atoms with Crippen LogP contribution in [0.5, 0.6) is 0 Å². The van der Waals surface area contributed by atoms with Crippen LogP contribution in [-0.4, -0.2) is 58.5 Å². The number of fused-ring (bicyclic) bond motifs is 1. The molecule has 7 heteroatoms. The van der Waals surface area contributed by atoms with Gasteiger partial charge < -0.3 is 15.1 Å². The number of benzene rings is 1. The van der Waals surface area contributed by atoms with E-state index in [4.69, 9.17) is 0 Å². The summed E-state index contributed by atoms with van der Waals surface area (Å²) in [4.78, 5) is 17.5. The second kappa shape index (κ2) is 7.31. The van der Waals surface area contributed by atoms with Crippen LogP contribution in [-0.2, 0) is 6.54 Å². The number of likely N-dealkylation sites (N-methyl/N-ethyl adjacent to an activating group) is 1. The van der Waals surface area contributed by atoms with E-state index in [0.29, 0.717) is 18.3 Å². The minimum Gasteiger partial charge on any atom is -0.372 e. The zero-order chi connectivity index (χ0) is 19.0. The van der Waals surface area contributed by atoms with Crippen molar-refractivity contribution < 1.29 is 4.79 Å². The van der Waals surface area contributed by atoms with Gasteiger partial charge in [-0.05, 0) is 51.4 Å². The van der Waals surface area contributed by atoms with Gasteiger partial charge in [0.1, 0.15) is 0 Å². The third kappa shape index (κ3) is 3.32. The van der Waals surface area contributed by atoms with E-state index >= 15 is 0 Å². The van der Waals surface area contributed by atoms with Crippen LogP contribution < -0.4 is 10.2 Å². The van der Waals surface area contributed by atoms with Crippen LogP contribution in [0.4, 0.5) is 5.69 Å². The number of nitrogens with one attached hydrogen (secondary N) is 1. The Morgan fingerprint density at radius 1 is 1.22 bits per heavy atom. The largest absolute Gasteiger partial charge is 0.372 e. The predicted molar refractivity (Wildman–Crippen MR) is 105 cm³/mol. The number of carbonyl (C=O) groups excluding carboxylic acids is 1. The van der Waals surface area contributed by atoms with Crippen LogP contribution in [0.3, 0.4) is 0 Å². The molecule has 1 atom stereocenters. The molecule has 1 aromatic heterocycles. The second-order valence-corrected chi connectivity index (χ2v) is 7.74. The lowest BCUT2D eigenvalue weighted by atomic mass is 10.1. The van der Waals surface area contributed by atoms with E-state index in [0.717, 1.165) is 38.2 Å². The quantitative estimate of drug-likeness (QED) is 0.878. The summed E-state index contributed by atoms with van der Waals surface area (Å²) in [5, 5.41) is 12.0. The first-order valence-electron chi connectivity index (χ1n) is 9.78. The van der Waals surface area contributed by atoms with Crippen molar-refractivity contribution in [1.82, 2.24) is 25.2 Å². The van der Waals surface area contributed by atoms with E-state index in [1.807, 2.05) is 28.6 Å². The summed E-state index contributed by atoms with van der Waals surface area (Å²) in [5.74, 6) is -0.0229. The number of carbonyl (C=O) groups is 1. The van der Waals surface area contributed by atoms with Gasteiger partial charge in [-0.2, -0.15) is 0 Å². The summed E-state index contributed by atoms with van der Waals surface area (Å²) in [6.45, 7) is 7.44. The number of hydrogen-bond donors (Lipinski definition) is 1. The molecule has 3 heterocycles. The summed E-state index contributed by atoms with van der Waals surface area (Å²) >= 11 is 0. The Morgan fingerprint density at radius 3 is 2.74 bits per heavy atom. The van der Waals surface area contributed by atoms with E-state index in [1.165, 1.54) is 11.3 Å². The average Bonchev–Trinajstić information content (AvgIpc) is 3.01. The van der Waals surface area contributed by atoms with Crippen molar-refractivity contribution in [2.45, 2.75) is 45.3 Å². The van der Waals surface area contributed by atoms with Crippen LogP contribution >= 0.6 is 0 Å². The standard InChI is InChI=1S/C20H28N6O/c1-14-12-24(3)18-7-5-4-6-16(18)13-25(14)20(27)19-15(2)26(23-22-19)17-8-10-21-11-9-17/h4-7,14,17,21H,8-13H2,1-3H3/t14-/m0/s1. The summed E-state index contributed by atoms with van der Waals surface area (Å²) in [6, 6.07) is 8.72. The number of para-hydroxylation sites is 1. The molecule has 1 aromatic carbocycles. The van der Waals surface area contributed by atoms with Gasteiger partial charge in [0.2, 0.25) is 0 Å². The normalized spacial score (nSPS) is 21.1. The second-order valence-electron chi connectivity index (χ2n) is 7.74. The number of hydrogen-bond acceptors (Lipinski definition) is 5. The molecular weight excluding hydrogens is 340 g/mol. The van der Waals surface area contributed by atoms with Crippen molar-refractivity contribution >= 4 is 11.6 Å². The molecule has 0 bridgehead atoms. The predicted octanol–water partition coefficient (Wildman–Crippen LogP) is 1.99. The van der Waals surface area contributed by atoms with Gasteiger partial charge in [0.25, 0.3) is 5.91 Å². The molecule has 0 saturated carbocycles. The number of nitrogens with zero attached hydrogens (tertiary/aromatic N) is 5. The van der Waals surface area contributed by atoms with E-state index in [9.17, 15) is 4.79 Å². The number of amides is 1. The van der Waals surface area contributed by atoms with E-state index in [1.54, 1.807) is 0 Å². The SMILES string of the molecule is Cc1c(C(=O)N2Cc3ccccc3N(C)C[C@@H]2C)nnn1C1CCNCC1. The molecule has 0 unspecified atom stereocenters. The van der Waals surface area contributed by atoms with Crippen molar-refractivity contribution in [1.29, 1.82) is 0 Å². The lowest BCUT2D eigenvalue weighted by molar-refractivity contribution is 0.0680. The van der Waals surface area contributed by atoms with Crippen molar-refractivity contribution in [3.05, 3.63) is 41.2 Å². The maximum Gasteiger partial charge on any atom is 0.276 e. The minimum atomic E-state index is -0.0229. The molecule has 2 aliphatic heterocycles. The molecule has 1 saturated heterocycles. The minimum absolute atomic E-state index is 0.0229.